The normalized spacial score (nSPS) is 37.6. The third kappa shape index (κ3) is 2.69. The third-order valence-electron chi connectivity index (χ3n) is 3.91. The Morgan fingerprint density at radius 3 is 3.00 bits per heavy atom. The molecule has 3 unspecified atom stereocenters. The van der Waals surface area contributed by atoms with Gasteiger partial charge >= 0.3 is 0 Å². The van der Waals surface area contributed by atoms with Gasteiger partial charge in [-0.3, -0.25) is 4.90 Å². The van der Waals surface area contributed by atoms with E-state index in [9.17, 15) is 0 Å². The molecule has 1 N–H and O–H groups in total. The first-order chi connectivity index (χ1) is 7.35. The van der Waals surface area contributed by atoms with Gasteiger partial charge in [-0.1, -0.05) is 13.3 Å². The lowest BCUT2D eigenvalue weighted by Gasteiger charge is -2.27. The fourth-order valence-electron chi connectivity index (χ4n) is 3.05. The van der Waals surface area contributed by atoms with Crippen molar-refractivity contribution >= 4 is 11.8 Å². The molecule has 3 heteroatoms. The van der Waals surface area contributed by atoms with Crippen LogP contribution in [0.4, 0.5) is 0 Å². The van der Waals surface area contributed by atoms with Crippen LogP contribution in [-0.4, -0.2) is 48.6 Å². The van der Waals surface area contributed by atoms with Crippen molar-refractivity contribution < 1.29 is 0 Å². The predicted octanol–water partition coefficient (Wildman–Crippen LogP) is 1.81. The highest BCUT2D eigenvalue weighted by Crippen LogP contribution is 2.27. The van der Waals surface area contributed by atoms with Crippen molar-refractivity contribution in [3.63, 3.8) is 0 Å². The molecule has 0 spiro atoms. The molecule has 2 heterocycles. The zero-order valence-electron chi connectivity index (χ0n) is 10.0. The molecule has 0 saturated carbocycles. The first-order valence-electron chi connectivity index (χ1n) is 6.32. The molecule has 2 aliphatic rings. The van der Waals surface area contributed by atoms with Crippen LogP contribution in [0.2, 0.25) is 0 Å². The molecule has 15 heavy (non-hydrogen) atoms. The minimum Gasteiger partial charge on any atom is -0.314 e. The van der Waals surface area contributed by atoms with Crippen LogP contribution in [0.3, 0.4) is 0 Å². The van der Waals surface area contributed by atoms with Gasteiger partial charge in [-0.05, 0) is 31.6 Å². The van der Waals surface area contributed by atoms with E-state index in [1.165, 1.54) is 45.4 Å². The SMILES string of the molecule is CCCC1CCN(C2CNCC2SC)C1. The number of thioether (sulfide) groups is 1. The van der Waals surface area contributed by atoms with Crippen molar-refractivity contribution in [2.45, 2.75) is 37.5 Å². The highest BCUT2D eigenvalue weighted by molar-refractivity contribution is 7.99. The first kappa shape index (κ1) is 11.7. The van der Waals surface area contributed by atoms with Crippen molar-refractivity contribution in [3.05, 3.63) is 0 Å². The Hall–Kier alpha value is 0.270. The molecule has 0 aliphatic carbocycles. The number of nitrogens with zero attached hydrogens (tertiary/aromatic N) is 1. The molecule has 3 atom stereocenters. The summed E-state index contributed by atoms with van der Waals surface area (Å²) < 4.78 is 0. The quantitative estimate of drug-likeness (QED) is 0.790. The molecule has 0 aromatic heterocycles. The molecule has 2 rings (SSSR count). The smallest absolute Gasteiger partial charge is 0.0351 e. The zero-order valence-corrected chi connectivity index (χ0v) is 10.9. The molecule has 0 bridgehead atoms. The summed E-state index contributed by atoms with van der Waals surface area (Å²) >= 11 is 2.04. The summed E-state index contributed by atoms with van der Waals surface area (Å²) in [5.41, 5.74) is 0. The first-order valence-corrected chi connectivity index (χ1v) is 7.61. The summed E-state index contributed by atoms with van der Waals surface area (Å²) in [4.78, 5) is 2.74. The van der Waals surface area contributed by atoms with Gasteiger partial charge in [0.25, 0.3) is 0 Å². The van der Waals surface area contributed by atoms with Gasteiger partial charge < -0.3 is 5.32 Å². The Balaban J connectivity index is 1.84. The van der Waals surface area contributed by atoms with Crippen LogP contribution in [-0.2, 0) is 0 Å². The molecule has 88 valence electrons. The monoisotopic (exact) mass is 228 g/mol. The van der Waals surface area contributed by atoms with Crippen LogP contribution in [0.25, 0.3) is 0 Å². The van der Waals surface area contributed by atoms with E-state index < -0.39 is 0 Å². The van der Waals surface area contributed by atoms with Crippen molar-refractivity contribution in [1.82, 2.24) is 10.2 Å². The van der Waals surface area contributed by atoms with Gasteiger partial charge in [0, 0.05) is 30.9 Å². The van der Waals surface area contributed by atoms with Crippen molar-refractivity contribution in [1.29, 1.82) is 0 Å². The van der Waals surface area contributed by atoms with Crippen LogP contribution >= 0.6 is 11.8 Å². The van der Waals surface area contributed by atoms with Gasteiger partial charge in [-0.15, -0.1) is 0 Å². The van der Waals surface area contributed by atoms with E-state index in [-0.39, 0.29) is 0 Å². The van der Waals surface area contributed by atoms with Crippen molar-refractivity contribution in [2.75, 3.05) is 32.4 Å². The number of hydrogen-bond acceptors (Lipinski definition) is 3. The van der Waals surface area contributed by atoms with Gasteiger partial charge in [-0.25, -0.2) is 0 Å². The lowest BCUT2D eigenvalue weighted by molar-refractivity contribution is 0.250. The van der Waals surface area contributed by atoms with E-state index in [4.69, 9.17) is 0 Å². The second-order valence-electron chi connectivity index (χ2n) is 4.94. The maximum Gasteiger partial charge on any atom is 0.0351 e. The lowest BCUT2D eigenvalue weighted by Crippen LogP contribution is -2.40. The van der Waals surface area contributed by atoms with Gasteiger partial charge in [0.05, 0.1) is 0 Å². The van der Waals surface area contributed by atoms with Crippen LogP contribution in [0, 0.1) is 5.92 Å². The topological polar surface area (TPSA) is 15.3 Å². The summed E-state index contributed by atoms with van der Waals surface area (Å²) in [6.45, 7) is 7.43. The van der Waals surface area contributed by atoms with Gasteiger partial charge in [-0.2, -0.15) is 11.8 Å². The Kier molecular flexibility index (Phi) is 4.35. The highest BCUT2D eigenvalue weighted by Gasteiger charge is 2.35. The standard InChI is InChI=1S/C12H24N2S/c1-3-4-10-5-6-14(9-10)11-7-13-8-12(11)15-2/h10-13H,3-9H2,1-2H3. The van der Waals surface area contributed by atoms with Gasteiger partial charge in [0.1, 0.15) is 0 Å². The minimum atomic E-state index is 0.807. The molecule has 0 aromatic rings. The second kappa shape index (κ2) is 5.55. The van der Waals surface area contributed by atoms with Crippen molar-refractivity contribution in [2.24, 2.45) is 5.92 Å². The molecular formula is C12H24N2S. The molecular weight excluding hydrogens is 204 g/mol. The second-order valence-corrected chi connectivity index (χ2v) is 6.01. The average molecular weight is 228 g/mol. The maximum absolute atomic E-state index is 3.53. The lowest BCUT2D eigenvalue weighted by atomic mass is 10.0. The van der Waals surface area contributed by atoms with Crippen LogP contribution in [0.5, 0.6) is 0 Å². The van der Waals surface area contributed by atoms with Crippen LogP contribution in [0.15, 0.2) is 0 Å². The zero-order chi connectivity index (χ0) is 10.7. The van der Waals surface area contributed by atoms with Gasteiger partial charge in [0.2, 0.25) is 0 Å². The predicted molar refractivity (Wildman–Crippen MR) is 68.5 cm³/mol. The summed E-state index contributed by atoms with van der Waals surface area (Å²) in [6.07, 6.45) is 6.48. The van der Waals surface area contributed by atoms with Gasteiger partial charge in [0.15, 0.2) is 0 Å². The summed E-state index contributed by atoms with van der Waals surface area (Å²) in [5, 5.41) is 4.36. The Labute approximate surface area is 98.2 Å². The molecule has 2 saturated heterocycles. The van der Waals surface area contributed by atoms with Crippen molar-refractivity contribution in [3.8, 4) is 0 Å². The molecule has 0 amide bonds. The highest BCUT2D eigenvalue weighted by atomic mass is 32.2. The molecule has 0 radical (unpaired) electrons. The van der Waals surface area contributed by atoms with Crippen LogP contribution < -0.4 is 5.32 Å². The Morgan fingerprint density at radius 2 is 2.27 bits per heavy atom. The molecule has 2 nitrogen and oxygen atoms in total. The molecule has 2 aliphatic heterocycles. The molecule has 0 aromatic carbocycles. The van der Waals surface area contributed by atoms with E-state index in [2.05, 4.69) is 23.4 Å². The van der Waals surface area contributed by atoms with E-state index in [0.717, 1.165) is 17.2 Å². The average Bonchev–Trinajstić information content (AvgIpc) is 2.84. The Morgan fingerprint density at radius 1 is 1.40 bits per heavy atom. The number of hydrogen-bond donors (Lipinski definition) is 1. The van der Waals surface area contributed by atoms with E-state index >= 15 is 0 Å². The van der Waals surface area contributed by atoms with Crippen LogP contribution in [0.1, 0.15) is 26.2 Å². The third-order valence-corrected chi connectivity index (χ3v) is 5.00. The van der Waals surface area contributed by atoms with E-state index in [1.807, 2.05) is 11.8 Å². The fourth-order valence-corrected chi connectivity index (χ4v) is 3.92. The summed E-state index contributed by atoms with van der Waals surface area (Å²) in [7, 11) is 0. The summed E-state index contributed by atoms with van der Waals surface area (Å²) in [5.74, 6) is 0.984. The number of nitrogens with one attached hydrogen (secondary N) is 1. The Bertz CT molecular complexity index is 198. The molecule has 2 fully saturated rings. The fraction of sp³-hybridized carbons (Fsp3) is 1.00. The maximum atomic E-state index is 3.53. The number of rotatable bonds is 4. The van der Waals surface area contributed by atoms with E-state index in [0.29, 0.717) is 0 Å². The number of likely N-dealkylation sites (tertiary alicyclic amines) is 1. The summed E-state index contributed by atoms with van der Waals surface area (Å²) in [6, 6.07) is 0.807. The minimum absolute atomic E-state index is 0.807. The van der Waals surface area contributed by atoms with E-state index in [1.54, 1.807) is 0 Å². The largest absolute Gasteiger partial charge is 0.314 e.